The van der Waals surface area contributed by atoms with Crippen molar-refractivity contribution in [1.29, 1.82) is 0 Å². The number of amides is 1. The Morgan fingerprint density at radius 1 is 0.909 bits per heavy atom. The average molecular weight is 445 g/mol. The Balaban J connectivity index is 1.75. The van der Waals surface area contributed by atoms with E-state index in [1.54, 1.807) is 24.3 Å². The molecule has 0 spiro atoms. The average Bonchev–Trinajstić information content (AvgIpc) is 2.78. The molecule has 1 aromatic heterocycles. The Labute approximate surface area is 189 Å². The highest BCUT2D eigenvalue weighted by atomic mass is 19.1. The monoisotopic (exact) mass is 445 g/mol. The summed E-state index contributed by atoms with van der Waals surface area (Å²) in [5.74, 6) is -0.773. The van der Waals surface area contributed by atoms with Crippen LogP contribution >= 0.6 is 0 Å². The fourth-order valence-corrected chi connectivity index (χ4v) is 4.14. The van der Waals surface area contributed by atoms with Gasteiger partial charge in [0.1, 0.15) is 12.4 Å². The van der Waals surface area contributed by atoms with Gasteiger partial charge < -0.3 is 5.32 Å². The van der Waals surface area contributed by atoms with E-state index in [4.69, 9.17) is 0 Å². The predicted molar refractivity (Wildman–Crippen MR) is 127 cm³/mol. The van der Waals surface area contributed by atoms with Crippen molar-refractivity contribution < 1.29 is 9.18 Å². The van der Waals surface area contributed by atoms with Gasteiger partial charge in [0.15, 0.2) is 0 Å². The van der Waals surface area contributed by atoms with E-state index < -0.39 is 17.1 Å². The molecule has 0 aliphatic rings. The molecule has 0 radical (unpaired) electrons. The van der Waals surface area contributed by atoms with E-state index in [0.29, 0.717) is 22.2 Å². The summed E-state index contributed by atoms with van der Waals surface area (Å²) in [7, 11) is 0. The molecular formula is C26H24FN3O3. The summed E-state index contributed by atoms with van der Waals surface area (Å²) in [5.41, 5.74) is 3.60. The molecule has 33 heavy (non-hydrogen) atoms. The van der Waals surface area contributed by atoms with Gasteiger partial charge in [-0.15, -0.1) is 0 Å². The zero-order valence-corrected chi connectivity index (χ0v) is 18.7. The van der Waals surface area contributed by atoms with E-state index in [-0.39, 0.29) is 19.0 Å². The second-order valence-electron chi connectivity index (χ2n) is 8.23. The highest BCUT2D eigenvalue weighted by Crippen LogP contribution is 2.22. The standard InChI is InChI=1S/C26H24FN3O3/c1-16-12-17(2)24(18(3)13-16)28-23(31)15-29-22-7-5-4-6-21(22)25(32)30(26(29)33)14-19-8-10-20(27)11-9-19/h4-13H,14-15H2,1-3H3,(H,28,31). The van der Waals surface area contributed by atoms with Crippen LogP contribution in [0.25, 0.3) is 10.9 Å². The minimum absolute atomic E-state index is 0.0272. The Morgan fingerprint density at radius 3 is 2.21 bits per heavy atom. The van der Waals surface area contributed by atoms with E-state index in [2.05, 4.69) is 5.32 Å². The lowest BCUT2D eigenvalue weighted by Gasteiger charge is -2.16. The number of aryl methyl sites for hydroxylation is 3. The summed E-state index contributed by atoms with van der Waals surface area (Å²) in [6.45, 7) is 5.54. The zero-order chi connectivity index (χ0) is 23.7. The van der Waals surface area contributed by atoms with E-state index in [1.807, 2.05) is 32.9 Å². The van der Waals surface area contributed by atoms with Crippen molar-refractivity contribution in [3.05, 3.63) is 110 Å². The molecule has 0 aliphatic carbocycles. The molecule has 0 bridgehead atoms. The smallest absolute Gasteiger partial charge is 0.324 e. The Morgan fingerprint density at radius 2 is 1.55 bits per heavy atom. The second kappa shape index (κ2) is 8.86. The van der Waals surface area contributed by atoms with Crippen molar-refractivity contribution in [1.82, 2.24) is 9.13 Å². The second-order valence-corrected chi connectivity index (χ2v) is 8.23. The molecule has 0 unspecified atom stereocenters. The van der Waals surface area contributed by atoms with Crippen molar-refractivity contribution in [3.63, 3.8) is 0 Å². The van der Waals surface area contributed by atoms with Crippen LogP contribution in [0.2, 0.25) is 0 Å². The molecule has 0 saturated heterocycles. The minimum atomic E-state index is -0.601. The molecule has 1 N–H and O–H groups in total. The van der Waals surface area contributed by atoms with Crippen LogP contribution in [0.4, 0.5) is 10.1 Å². The van der Waals surface area contributed by atoms with Crippen LogP contribution in [0.3, 0.4) is 0 Å². The summed E-state index contributed by atoms with van der Waals surface area (Å²) in [5, 5.41) is 3.24. The number of benzene rings is 3. The van der Waals surface area contributed by atoms with Gasteiger partial charge in [-0.05, 0) is 61.7 Å². The van der Waals surface area contributed by atoms with Crippen LogP contribution in [0.5, 0.6) is 0 Å². The first-order chi connectivity index (χ1) is 15.7. The number of anilines is 1. The van der Waals surface area contributed by atoms with Gasteiger partial charge in [0, 0.05) is 5.69 Å². The van der Waals surface area contributed by atoms with Crippen LogP contribution in [0.15, 0.2) is 70.3 Å². The van der Waals surface area contributed by atoms with Crippen LogP contribution in [-0.4, -0.2) is 15.0 Å². The van der Waals surface area contributed by atoms with Gasteiger partial charge in [-0.25, -0.2) is 9.18 Å². The first-order valence-corrected chi connectivity index (χ1v) is 10.6. The Kier molecular flexibility index (Phi) is 5.96. The maximum Gasteiger partial charge on any atom is 0.332 e. The van der Waals surface area contributed by atoms with E-state index in [1.165, 1.54) is 28.8 Å². The third-order valence-corrected chi connectivity index (χ3v) is 5.63. The maximum absolute atomic E-state index is 13.3. The van der Waals surface area contributed by atoms with Crippen LogP contribution in [0, 0.1) is 26.6 Å². The van der Waals surface area contributed by atoms with E-state index in [0.717, 1.165) is 21.3 Å². The highest BCUT2D eigenvalue weighted by molar-refractivity contribution is 5.93. The Hall–Kier alpha value is -4.00. The summed E-state index contributed by atoms with van der Waals surface area (Å²) >= 11 is 0. The number of rotatable bonds is 5. The number of hydrogen-bond acceptors (Lipinski definition) is 3. The van der Waals surface area contributed by atoms with Crippen molar-refractivity contribution in [2.75, 3.05) is 5.32 Å². The summed E-state index contributed by atoms with van der Waals surface area (Å²) in [6.07, 6.45) is 0. The Bertz CT molecular complexity index is 1460. The third kappa shape index (κ3) is 4.48. The fraction of sp³-hybridized carbons (Fsp3) is 0.192. The van der Waals surface area contributed by atoms with Crippen molar-refractivity contribution in [2.45, 2.75) is 33.9 Å². The SMILES string of the molecule is Cc1cc(C)c(NC(=O)Cn2c(=O)n(Cc3ccc(F)cc3)c(=O)c3ccccc32)c(C)c1. The topological polar surface area (TPSA) is 73.1 Å². The molecule has 0 atom stereocenters. The van der Waals surface area contributed by atoms with Gasteiger partial charge in [-0.1, -0.05) is 42.0 Å². The zero-order valence-electron chi connectivity index (χ0n) is 18.7. The number of para-hydroxylation sites is 1. The molecule has 4 rings (SSSR count). The molecule has 0 saturated carbocycles. The summed E-state index contributed by atoms with van der Waals surface area (Å²) in [4.78, 5) is 39.3. The number of carbonyl (C=O) groups is 1. The molecule has 6 nitrogen and oxygen atoms in total. The number of fused-ring (bicyclic) bond motifs is 1. The largest absolute Gasteiger partial charge is 0.332 e. The molecule has 1 amide bonds. The lowest BCUT2D eigenvalue weighted by Crippen LogP contribution is -2.42. The molecular weight excluding hydrogens is 421 g/mol. The maximum atomic E-state index is 13.3. The normalized spacial score (nSPS) is 11.0. The number of nitrogens with zero attached hydrogens (tertiary/aromatic N) is 2. The van der Waals surface area contributed by atoms with Crippen LogP contribution in [0.1, 0.15) is 22.3 Å². The summed E-state index contributed by atoms with van der Waals surface area (Å²) in [6, 6.07) is 16.3. The van der Waals surface area contributed by atoms with Gasteiger partial charge in [0.05, 0.1) is 17.4 Å². The van der Waals surface area contributed by atoms with Gasteiger partial charge in [-0.3, -0.25) is 18.7 Å². The molecule has 4 aromatic rings. The minimum Gasteiger partial charge on any atom is -0.324 e. The van der Waals surface area contributed by atoms with Gasteiger partial charge in [0.2, 0.25) is 5.91 Å². The quantitative estimate of drug-likeness (QED) is 0.506. The highest BCUT2D eigenvalue weighted by Gasteiger charge is 2.16. The number of aromatic nitrogens is 2. The van der Waals surface area contributed by atoms with Gasteiger partial charge in [-0.2, -0.15) is 0 Å². The first kappa shape index (κ1) is 22.2. The molecule has 0 aliphatic heterocycles. The summed E-state index contributed by atoms with van der Waals surface area (Å²) < 4.78 is 15.7. The van der Waals surface area contributed by atoms with Gasteiger partial charge in [0.25, 0.3) is 5.56 Å². The van der Waals surface area contributed by atoms with Gasteiger partial charge >= 0.3 is 5.69 Å². The van der Waals surface area contributed by atoms with E-state index >= 15 is 0 Å². The fourth-order valence-electron chi connectivity index (χ4n) is 4.14. The van der Waals surface area contributed by atoms with E-state index in [9.17, 15) is 18.8 Å². The van der Waals surface area contributed by atoms with Crippen LogP contribution < -0.4 is 16.6 Å². The number of nitrogens with one attached hydrogen (secondary N) is 1. The van der Waals surface area contributed by atoms with Crippen molar-refractivity contribution >= 4 is 22.5 Å². The first-order valence-electron chi connectivity index (χ1n) is 10.6. The number of carbonyl (C=O) groups excluding carboxylic acids is 1. The lowest BCUT2D eigenvalue weighted by molar-refractivity contribution is -0.116. The van der Waals surface area contributed by atoms with Crippen LogP contribution in [-0.2, 0) is 17.9 Å². The van der Waals surface area contributed by atoms with Crippen molar-refractivity contribution in [3.8, 4) is 0 Å². The third-order valence-electron chi connectivity index (χ3n) is 5.63. The molecule has 3 aromatic carbocycles. The molecule has 1 heterocycles. The predicted octanol–water partition coefficient (Wildman–Crippen LogP) is 3.91. The molecule has 0 fully saturated rings. The molecule has 7 heteroatoms. The number of halogens is 1. The molecule has 168 valence electrons. The lowest BCUT2D eigenvalue weighted by atomic mass is 10.1. The van der Waals surface area contributed by atoms with Crippen molar-refractivity contribution in [2.24, 2.45) is 0 Å². The number of hydrogen-bond donors (Lipinski definition) is 1.